The van der Waals surface area contributed by atoms with Gasteiger partial charge in [0.05, 0.1) is 32.5 Å². The van der Waals surface area contributed by atoms with Gasteiger partial charge in [0.15, 0.2) is 4.80 Å². The lowest BCUT2D eigenvalue weighted by atomic mass is 10.0. The third kappa shape index (κ3) is 4.82. The van der Waals surface area contributed by atoms with Gasteiger partial charge >= 0.3 is 5.97 Å². The first-order chi connectivity index (χ1) is 17.8. The Morgan fingerprint density at radius 1 is 1.11 bits per heavy atom. The molecule has 0 radical (unpaired) electrons. The average molecular weight is 553 g/mol. The Kier molecular flexibility index (Phi) is 6.94. The Hall–Kier alpha value is -3.39. The van der Waals surface area contributed by atoms with Crippen molar-refractivity contribution in [1.29, 1.82) is 0 Å². The van der Waals surface area contributed by atoms with Crippen molar-refractivity contribution in [2.24, 2.45) is 4.99 Å². The lowest BCUT2D eigenvalue weighted by Gasteiger charge is -2.22. The zero-order valence-corrected chi connectivity index (χ0v) is 22.6. The molecular formula is C28H22Cl2N2O4S. The number of aromatic nitrogens is 1. The molecule has 0 spiro atoms. The normalized spacial score (nSPS) is 15.5. The molecule has 9 heteroatoms. The molecule has 6 nitrogen and oxygen atoms in total. The number of aryl methyl sites for hydroxylation is 1. The minimum Gasteiger partial charge on any atom is -0.463 e. The molecule has 0 unspecified atom stereocenters. The summed E-state index contributed by atoms with van der Waals surface area (Å²) in [5.41, 5.74) is 3.20. The number of allylic oxidation sites excluding steroid dienone is 1. The summed E-state index contributed by atoms with van der Waals surface area (Å²) in [5, 5.41) is 0.824. The number of hydrogen-bond acceptors (Lipinski definition) is 6. The van der Waals surface area contributed by atoms with Gasteiger partial charge in [-0.05, 0) is 62.7 Å². The van der Waals surface area contributed by atoms with Crippen LogP contribution in [0.3, 0.4) is 0 Å². The minimum atomic E-state index is -0.841. The molecule has 0 saturated heterocycles. The monoisotopic (exact) mass is 552 g/mol. The highest BCUT2D eigenvalue weighted by molar-refractivity contribution is 7.07. The zero-order valence-electron chi connectivity index (χ0n) is 20.2. The molecule has 0 bridgehead atoms. The standard InChI is InChI=1S/C28H22Cl2N2O4S/c1-4-35-27(34)24-16(3)31-28-32(26(33)23(37-28)13-17-7-5-15(2)6-8-17)25(24)22-12-11-21(36-22)18-9-10-19(29)20(30)14-18/h5-14,25H,4H2,1-3H3/b23-13-/t25-/m1/s1. The topological polar surface area (TPSA) is 73.8 Å². The van der Waals surface area contributed by atoms with Crippen LogP contribution in [0.1, 0.15) is 36.8 Å². The highest BCUT2D eigenvalue weighted by atomic mass is 35.5. The molecule has 0 saturated carbocycles. The van der Waals surface area contributed by atoms with E-state index in [0.717, 1.165) is 11.1 Å². The summed E-state index contributed by atoms with van der Waals surface area (Å²) in [4.78, 5) is 31.8. The van der Waals surface area contributed by atoms with Gasteiger partial charge in [-0.15, -0.1) is 0 Å². The van der Waals surface area contributed by atoms with E-state index in [-0.39, 0.29) is 17.7 Å². The first-order valence-corrected chi connectivity index (χ1v) is 13.2. The van der Waals surface area contributed by atoms with Gasteiger partial charge in [0.2, 0.25) is 0 Å². The van der Waals surface area contributed by atoms with E-state index in [1.807, 2.05) is 37.3 Å². The largest absolute Gasteiger partial charge is 0.463 e. The third-order valence-corrected chi connectivity index (χ3v) is 7.71. The molecular weight excluding hydrogens is 531 g/mol. The van der Waals surface area contributed by atoms with E-state index < -0.39 is 12.0 Å². The Morgan fingerprint density at radius 2 is 1.86 bits per heavy atom. The predicted octanol–water partition coefficient (Wildman–Crippen LogP) is 5.67. The number of halogens is 2. The van der Waals surface area contributed by atoms with Crippen LogP contribution >= 0.6 is 34.5 Å². The van der Waals surface area contributed by atoms with Gasteiger partial charge in [0.25, 0.3) is 5.56 Å². The molecule has 37 heavy (non-hydrogen) atoms. The number of fused-ring (bicyclic) bond motifs is 1. The maximum absolute atomic E-state index is 13.7. The van der Waals surface area contributed by atoms with Crippen LogP contribution in [0.5, 0.6) is 0 Å². The van der Waals surface area contributed by atoms with Crippen molar-refractivity contribution in [3.8, 4) is 11.3 Å². The van der Waals surface area contributed by atoms with Gasteiger partial charge in [0.1, 0.15) is 17.6 Å². The number of carbonyl (C=O) groups is 1. The van der Waals surface area contributed by atoms with Gasteiger partial charge in [0, 0.05) is 5.56 Å². The number of benzene rings is 2. The van der Waals surface area contributed by atoms with Crippen molar-refractivity contribution in [2.45, 2.75) is 26.8 Å². The second-order valence-corrected chi connectivity index (χ2v) is 10.4. The number of thiazole rings is 1. The van der Waals surface area contributed by atoms with Crippen molar-refractivity contribution in [2.75, 3.05) is 6.61 Å². The van der Waals surface area contributed by atoms with Crippen molar-refractivity contribution >= 4 is 46.6 Å². The van der Waals surface area contributed by atoms with E-state index in [9.17, 15) is 9.59 Å². The molecule has 1 aliphatic rings. The molecule has 2 aromatic carbocycles. The molecule has 5 rings (SSSR count). The van der Waals surface area contributed by atoms with Gasteiger partial charge < -0.3 is 9.15 Å². The number of nitrogens with zero attached hydrogens (tertiary/aromatic N) is 2. The summed E-state index contributed by atoms with van der Waals surface area (Å²) in [6, 6.07) is 15.7. The van der Waals surface area contributed by atoms with Gasteiger partial charge in [-0.2, -0.15) is 0 Å². The highest BCUT2D eigenvalue weighted by Gasteiger charge is 2.35. The van der Waals surface area contributed by atoms with E-state index in [4.69, 9.17) is 32.4 Å². The number of carbonyl (C=O) groups excluding carboxylic acids is 1. The Balaban J connectivity index is 1.68. The van der Waals surface area contributed by atoms with Crippen LogP contribution in [0, 0.1) is 6.92 Å². The maximum Gasteiger partial charge on any atom is 0.338 e. The molecule has 1 aliphatic heterocycles. The lowest BCUT2D eigenvalue weighted by Crippen LogP contribution is -2.39. The predicted molar refractivity (Wildman–Crippen MR) is 146 cm³/mol. The van der Waals surface area contributed by atoms with Crippen molar-refractivity contribution in [1.82, 2.24) is 4.57 Å². The molecule has 1 atom stereocenters. The van der Waals surface area contributed by atoms with E-state index in [1.54, 1.807) is 44.2 Å². The second-order valence-electron chi connectivity index (χ2n) is 8.54. The molecule has 4 aromatic rings. The van der Waals surface area contributed by atoms with Crippen LogP contribution in [0.15, 0.2) is 80.1 Å². The molecule has 0 N–H and O–H groups in total. The molecule has 3 heterocycles. The number of furan rings is 1. The molecule has 188 valence electrons. The van der Waals surface area contributed by atoms with E-state index in [2.05, 4.69) is 4.99 Å². The van der Waals surface area contributed by atoms with Gasteiger partial charge in [-0.1, -0.05) is 64.4 Å². The summed E-state index contributed by atoms with van der Waals surface area (Å²) >= 11 is 13.5. The summed E-state index contributed by atoms with van der Waals surface area (Å²) in [6.07, 6.45) is 1.83. The van der Waals surface area contributed by atoms with Crippen molar-refractivity contribution < 1.29 is 13.9 Å². The SMILES string of the molecule is CCOC(=O)C1=C(C)N=c2s/c(=C\c3ccc(C)cc3)c(=O)n2[C@@H]1c1ccc(-c2ccc(Cl)c(Cl)c2)o1. The van der Waals surface area contributed by atoms with E-state index in [0.29, 0.717) is 42.2 Å². The molecule has 0 aliphatic carbocycles. The first kappa shape index (κ1) is 25.3. The van der Waals surface area contributed by atoms with Crippen LogP contribution in [0.4, 0.5) is 0 Å². The van der Waals surface area contributed by atoms with Crippen LogP contribution in [0.2, 0.25) is 10.0 Å². The molecule has 2 aromatic heterocycles. The summed E-state index contributed by atoms with van der Waals surface area (Å²) in [6.45, 7) is 5.66. The summed E-state index contributed by atoms with van der Waals surface area (Å²) < 4.78 is 13.6. The second kappa shape index (κ2) is 10.2. The first-order valence-electron chi connectivity index (χ1n) is 11.6. The lowest BCUT2D eigenvalue weighted by molar-refractivity contribution is -0.139. The summed E-state index contributed by atoms with van der Waals surface area (Å²) in [5.74, 6) is 0.378. The van der Waals surface area contributed by atoms with Gasteiger partial charge in [-0.25, -0.2) is 9.79 Å². The smallest absolute Gasteiger partial charge is 0.338 e. The van der Waals surface area contributed by atoms with E-state index in [1.165, 1.54) is 15.9 Å². The van der Waals surface area contributed by atoms with E-state index >= 15 is 0 Å². The number of esters is 1. The van der Waals surface area contributed by atoms with Crippen molar-refractivity contribution in [3.63, 3.8) is 0 Å². The minimum absolute atomic E-state index is 0.187. The average Bonchev–Trinajstić information content (AvgIpc) is 3.47. The van der Waals surface area contributed by atoms with Crippen LogP contribution in [-0.2, 0) is 9.53 Å². The van der Waals surface area contributed by atoms with Crippen molar-refractivity contribution in [3.05, 3.63) is 112 Å². The number of ether oxygens (including phenoxy) is 1. The van der Waals surface area contributed by atoms with Gasteiger partial charge in [-0.3, -0.25) is 9.36 Å². The molecule has 0 fully saturated rings. The fourth-order valence-electron chi connectivity index (χ4n) is 4.18. The van der Waals surface area contributed by atoms with Crippen LogP contribution in [0.25, 0.3) is 17.4 Å². The highest BCUT2D eigenvalue weighted by Crippen LogP contribution is 2.35. The van der Waals surface area contributed by atoms with Crippen LogP contribution < -0.4 is 14.9 Å². The fraction of sp³-hybridized carbons (Fsp3) is 0.179. The Bertz CT molecular complexity index is 1730. The third-order valence-electron chi connectivity index (χ3n) is 5.99. The quantitative estimate of drug-likeness (QED) is 0.299. The Morgan fingerprint density at radius 3 is 2.57 bits per heavy atom. The summed E-state index contributed by atoms with van der Waals surface area (Å²) in [7, 11) is 0. The number of rotatable bonds is 5. The fourth-order valence-corrected chi connectivity index (χ4v) is 5.52. The maximum atomic E-state index is 13.7. The Labute approximate surface area is 226 Å². The molecule has 0 amide bonds. The van der Waals surface area contributed by atoms with Crippen LogP contribution in [-0.4, -0.2) is 17.1 Å². The number of hydrogen-bond donors (Lipinski definition) is 0. The zero-order chi connectivity index (χ0) is 26.3.